The molecule has 0 spiro atoms. The number of methoxy groups -OCH3 is 1. The Labute approximate surface area is 175 Å². The molecule has 6 nitrogen and oxygen atoms in total. The molecule has 6 heteroatoms. The predicted molar refractivity (Wildman–Crippen MR) is 114 cm³/mol. The van der Waals surface area contributed by atoms with Gasteiger partial charge in [-0.05, 0) is 59.5 Å². The largest absolute Gasteiger partial charge is 0.508 e. The molecule has 154 valence electrons. The molecular weight excluding hydrogens is 382 g/mol. The number of ether oxygens (including phenoxy) is 2. The maximum Gasteiger partial charge on any atom is 0.338 e. The lowest BCUT2D eigenvalue weighted by atomic mass is 10.0. The van der Waals surface area contributed by atoms with E-state index in [0.29, 0.717) is 18.5 Å². The molecule has 2 N–H and O–H groups in total. The van der Waals surface area contributed by atoms with E-state index in [9.17, 15) is 14.7 Å². The summed E-state index contributed by atoms with van der Waals surface area (Å²) in [5, 5.41) is 12.1. The number of phenols is 1. The second-order valence-corrected chi connectivity index (χ2v) is 6.65. The van der Waals surface area contributed by atoms with Crippen molar-refractivity contribution in [1.82, 2.24) is 5.32 Å². The minimum absolute atomic E-state index is 0.196. The summed E-state index contributed by atoms with van der Waals surface area (Å²) in [5.74, 6) is 0.0714. The van der Waals surface area contributed by atoms with Crippen molar-refractivity contribution in [3.05, 3.63) is 83.9 Å². The van der Waals surface area contributed by atoms with Crippen molar-refractivity contribution in [2.75, 3.05) is 20.3 Å². The molecule has 0 aromatic heterocycles. The maximum atomic E-state index is 12.2. The van der Waals surface area contributed by atoms with Crippen LogP contribution >= 0.6 is 0 Å². The van der Waals surface area contributed by atoms with Crippen LogP contribution in [0.15, 0.2) is 72.8 Å². The van der Waals surface area contributed by atoms with Crippen LogP contribution in [0, 0.1) is 0 Å². The third-order valence-electron chi connectivity index (χ3n) is 4.55. The second-order valence-electron chi connectivity index (χ2n) is 6.65. The monoisotopic (exact) mass is 405 g/mol. The number of rotatable bonds is 8. The highest BCUT2D eigenvalue weighted by Gasteiger charge is 2.10. The van der Waals surface area contributed by atoms with Crippen molar-refractivity contribution in [3.8, 4) is 22.6 Å². The molecule has 0 bridgehead atoms. The van der Waals surface area contributed by atoms with Gasteiger partial charge in [-0.3, -0.25) is 4.79 Å². The van der Waals surface area contributed by atoms with E-state index in [1.807, 2.05) is 24.3 Å². The molecule has 3 aromatic carbocycles. The van der Waals surface area contributed by atoms with Crippen LogP contribution in [0.1, 0.15) is 15.9 Å². The van der Waals surface area contributed by atoms with E-state index in [-0.39, 0.29) is 18.3 Å². The summed E-state index contributed by atoms with van der Waals surface area (Å²) in [6.45, 7) is 0.116. The van der Waals surface area contributed by atoms with Crippen LogP contribution in [-0.2, 0) is 16.0 Å². The third-order valence-corrected chi connectivity index (χ3v) is 4.55. The van der Waals surface area contributed by atoms with Gasteiger partial charge in [-0.1, -0.05) is 36.4 Å². The first-order valence-corrected chi connectivity index (χ1v) is 9.51. The quantitative estimate of drug-likeness (QED) is 0.560. The molecule has 0 unspecified atom stereocenters. The van der Waals surface area contributed by atoms with Crippen LogP contribution in [0.5, 0.6) is 11.5 Å². The SMILES string of the molecule is COc1ccc(CCNC(=O)COC(=O)c2ccc(-c3ccc(O)cc3)cc2)cc1. The Kier molecular flexibility index (Phi) is 7.05. The van der Waals surface area contributed by atoms with Gasteiger partial charge in [-0.25, -0.2) is 4.79 Å². The average Bonchev–Trinajstić information content (AvgIpc) is 2.78. The number of esters is 1. The highest BCUT2D eigenvalue weighted by Crippen LogP contribution is 2.22. The Morgan fingerprint density at radius 3 is 2.07 bits per heavy atom. The summed E-state index contributed by atoms with van der Waals surface area (Å²) in [4.78, 5) is 24.1. The predicted octanol–water partition coefficient (Wildman–Crippen LogP) is 3.58. The fourth-order valence-electron chi connectivity index (χ4n) is 2.86. The van der Waals surface area contributed by atoms with E-state index >= 15 is 0 Å². The third kappa shape index (κ3) is 5.85. The van der Waals surface area contributed by atoms with Gasteiger partial charge in [0.2, 0.25) is 0 Å². The molecule has 0 atom stereocenters. The highest BCUT2D eigenvalue weighted by molar-refractivity contribution is 5.91. The molecular formula is C24H23NO5. The number of hydrogen-bond acceptors (Lipinski definition) is 5. The number of carbonyl (C=O) groups excluding carboxylic acids is 2. The van der Waals surface area contributed by atoms with Crippen LogP contribution in [0.2, 0.25) is 0 Å². The zero-order valence-electron chi connectivity index (χ0n) is 16.6. The highest BCUT2D eigenvalue weighted by atomic mass is 16.5. The van der Waals surface area contributed by atoms with E-state index in [0.717, 1.165) is 22.4 Å². The van der Waals surface area contributed by atoms with Crippen molar-refractivity contribution >= 4 is 11.9 Å². The Balaban J connectivity index is 1.43. The zero-order chi connectivity index (χ0) is 21.3. The molecule has 3 aromatic rings. The van der Waals surface area contributed by atoms with Crippen molar-refractivity contribution in [3.63, 3.8) is 0 Å². The Morgan fingerprint density at radius 2 is 1.47 bits per heavy atom. The zero-order valence-corrected chi connectivity index (χ0v) is 16.6. The summed E-state index contributed by atoms with van der Waals surface area (Å²) in [5.41, 5.74) is 3.26. The molecule has 3 rings (SSSR count). The van der Waals surface area contributed by atoms with Crippen LogP contribution in [0.25, 0.3) is 11.1 Å². The van der Waals surface area contributed by atoms with Gasteiger partial charge in [0.1, 0.15) is 11.5 Å². The van der Waals surface area contributed by atoms with E-state index in [4.69, 9.17) is 9.47 Å². The van der Waals surface area contributed by atoms with E-state index in [1.54, 1.807) is 55.6 Å². The number of aromatic hydroxyl groups is 1. The summed E-state index contributed by atoms with van der Waals surface area (Å²) in [6, 6.07) is 21.3. The molecule has 0 fully saturated rings. The molecule has 0 aliphatic rings. The summed E-state index contributed by atoms with van der Waals surface area (Å²) in [7, 11) is 1.61. The first-order valence-electron chi connectivity index (χ1n) is 9.51. The van der Waals surface area contributed by atoms with Crippen molar-refractivity contribution in [2.45, 2.75) is 6.42 Å². The number of benzene rings is 3. The van der Waals surface area contributed by atoms with Gasteiger partial charge >= 0.3 is 5.97 Å². The van der Waals surface area contributed by atoms with Gasteiger partial charge in [0.15, 0.2) is 6.61 Å². The molecule has 0 aliphatic heterocycles. The minimum Gasteiger partial charge on any atom is -0.508 e. The van der Waals surface area contributed by atoms with Crippen LogP contribution in [0.4, 0.5) is 0 Å². The number of hydrogen-bond donors (Lipinski definition) is 2. The van der Waals surface area contributed by atoms with Crippen LogP contribution < -0.4 is 10.1 Å². The topological polar surface area (TPSA) is 84.9 Å². The summed E-state index contributed by atoms with van der Waals surface area (Å²) in [6.07, 6.45) is 0.669. The lowest BCUT2D eigenvalue weighted by Gasteiger charge is -2.08. The van der Waals surface area contributed by atoms with Crippen LogP contribution in [0.3, 0.4) is 0 Å². The average molecular weight is 405 g/mol. The molecule has 0 saturated heterocycles. The molecule has 0 heterocycles. The fraction of sp³-hybridized carbons (Fsp3) is 0.167. The number of amides is 1. The number of phenolic OH excluding ortho intramolecular Hbond substituents is 1. The maximum absolute atomic E-state index is 12.2. The summed E-state index contributed by atoms with van der Waals surface area (Å²) < 4.78 is 10.2. The normalized spacial score (nSPS) is 10.3. The lowest BCUT2D eigenvalue weighted by molar-refractivity contribution is -0.124. The Bertz CT molecular complexity index is 980. The second kappa shape index (κ2) is 10.1. The minimum atomic E-state index is -0.558. The van der Waals surface area contributed by atoms with Crippen molar-refractivity contribution in [1.29, 1.82) is 0 Å². The standard InChI is InChI=1S/C24H23NO5/c1-29-22-12-2-17(3-13-22)14-15-25-23(27)16-30-24(28)20-6-4-18(5-7-20)19-8-10-21(26)11-9-19/h2-13,26H,14-16H2,1H3,(H,25,27). The molecule has 0 radical (unpaired) electrons. The Morgan fingerprint density at radius 1 is 0.867 bits per heavy atom. The van der Waals surface area contributed by atoms with Gasteiger partial charge in [0.25, 0.3) is 5.91 Å². The fourth-order valence-corrected chi connectivity index (χ4v) is 2.86. The van der Waals surface area contributed by atoms with E-state index in [2.05, 4.69) is 5.32 Å². The van der Waals surface area contributed by atoms with Crippen molar-refractivity contribution in [2.24, 2.45) is 0 Å². The summed E-state index contributed by atoms with van der Waals surface area (Å²) >= 11 is 0. The van der Waals surface area contributed by atoms with Gasteiger partial charge in [0.05, 0.1) is 12.7 Å². The number of carbonyl (C=O) groups is 2. The van der Waals surface area contributed by atoms with Crippen LogP contribution in [-0.4, -0.2) is 37.2 Å². The lowest BCUT2D eigenvalue weighted by Crippen LogP contribution is -2.30. The van der Waals surface area contributed by atoms with Gasteiger partial charge in [-0.15, -0.1) is 0 Å². The molecule has 0 aliphatic carbocycles. The van der Waals surface area contributed by atoms with E-state index < -0.39 is 5.97 Å². The van der Waals surface area contributed by atoms with Gasteiger partial charge < -0.3 is 19.9 Å². The first kappa shape index (κ1) is 20.9. The van der Waals surface area contributed by atoms with Gasteiger partial charge in [0, 0.05) is 6.54 Å². The number of nitrogens with one attached hydrogen (secondary N) is 1. The molecule has 30 heavy (non-hydrogen) atoms. The van der Waals surface area contributed by atoms with Gasteiger partial charge in [-0.2, -0.15) is 0 Å². The van der Waals surface area contributed by atoms with Crippen molar-refractivity contribution < 1.29 is 24.2 Å². The molecule has 1 amide bonds. The first-order chi connectivity index (χ1) is 14.5. The Hall–Kier alpha value is -3.80. The smallest absolute Gasteiger partial charge is 0.338 e. The molecule has 0 saturated carbocycles. The van der Waals surface area contributed by atoms with E-state index in [1.165, 1.54) is 0 Å².